The average molecular weight is 344 g/mol. The molecular formula is C15H22BrNOS. The number of benzene rings is 1. The molecular weight excluding hydrogens is 322 g/mol. The summed E-state index contributed by atoms with van der Waals surface area (Å²) >= 11 is 5.46. The Morgan fingerprint density at radius 3 is 3.11 bits per heavy atom. The molecule has 2 atom stereocenters. The Kier molecular flexibility index (Phi) is 6.54. The lowest BCUT2D eigenvalue weighted by atomic mass is 9.95. The van der Waals surface area contributed by atoms with Crippen LogP contribution in [0.3, 0.4) is 0 Å². The third-order valence-corrected chi connectivity index (χ3v) is 5.15. The van der Waals surface area contributed by atoms with Crippen molar-refractivity contribution in [3.63, 3.8) is 0 Å². The minimum Gasteiger partial charge on any atom is -0.492 e. The van der Waals surface area contributed by atoms with Crippen LogP contribution < -0.4 is 10.1 Å². The molecule has 0 spiro atoms. The smallest absolute Gasteiger partial charge is 0.120 e. The first-order chi connectivity index (χ1) is 9.28. The van der Waals surface area contributed by atoms with Crippen molar-refractivity contribution in [1.29, 1.82) is 0 Å². The van der Waals surface area contributed by atoms with E-state index in [2.05, 4.69) is 27.5 Å². The van der Waals surface area contributed by atoms with E-state index >= 15 is 0 Å². The van der Waals surface area contributed by atoms with Crippen LogP contribution in [0.4, 0.5) is 0 Å². The third kappa shape index (κ3) is 5.36. The highest BCUT2D eigenvalue weighted by Gasteiger charge is 2.20. The van der Waals surface area contributed by atoms with Crippen LogP contribution in [0.1, 0.15) is 25.7 Å². The monoisotopic (exact) mass is 343 g/mol. The highest BCUT2D eigenvalue weighted by molar-refractivity contribution is 9.10. The van der Waals surface area contributed by atoms with Crippen LogP contribution in [0.25, 0.3) is 0 Å². The van der Waals surface area contributed by atoms with Gasteiger partial charge in [0.25, 0.3) is 0 Å². The van der Waals surface area contributed by atoms with Crippen LogP contribution in [0, 0.1) is 0 Å². The van der Waals surface area contributed by atoms with E-state index in [-0.39, 0.29) is 0 Å². The Hall–Kier alpha value is -0.190. The predicted molar refractivity (Wildman–Crippen MR) is 87.2 cm³/mol. The number of hydrogen-bond donors (Lipinski definition) is 1. The maximum absolute atomic E-state index is 5.73. The highest BCUT2D eigenvalue weighted by Crippen LogP contribution is 2.26. The maximum Gasteiger partial charge on any atom is 0.120 e. The third-order valence-electron chi connectivity index (χ3n) is 3.56. The standard InChI is InChI=1S/C15H22BrNOS/c1-19-15-7-3-5-13(11-15)17-8-9-18-14-6-2-4-12(16)10-14/h2,4,6,10,13,15,17H,3,5,7-9,11H2,1H3. The van der Waals surface area contributed by atoms with Gasteiger partial charge in [-0.15, -0.1) is 0 Å². The fraction of sp³-hybridized carbons (Fsp3) is 0.600. The van der Waals surface area contributed by atoms with Crippen LogP contribution >= 0.6 is 27.7 Å². The van der Waals surface area contributed by atoms with Crippen molar-refractivity contribution in [2.75, 3.05) is 19.4 Å². The van der Waals surface area contributed by atoms with Crippen molar-refractivity contribution in [2.45, 2.75) is 37.0 Å². The summed E-state index contributed by atoms with van der Waals surface area (Å²) in [7, 11) is 0. The second-order valence-corrected chi connectivity index (χ2v) is 7.03. The fourth-order valence-electron chi connectivity index (χ4n) is 2.53. The SMILES string of the molecule is CSC1CCCC(NCCOc2cccc(Br)c2)C1. The van der Waals surface area contributed by atoms with E-state index in [0.717, 1.165) is 28.6 Å². The summed E-state index contributed by atoms with van der Waals surface area (Å²) in [6.07, 6.45) is 7.58. The molecule has 1 fully saturated rings. The quantitative estimate of drug-likeness (QED) is 0.786. The zero-order valence-electron chi connectivity index (χ0n) is 11.4. The molecule has 1 saturated carbocycles. The normalized spacial score (nSPS) is 23.3. The van der Waals surface area contributed by atoms with Crippen LogP contribution in [0.5, 0.6) is 5.75 Å². The summed E-state index contributed by atoms with van der Waals surface area (Å²) in [6, 6.07) is 8.68. The molecule has 2 nitrogen and oxygen atoms in total. The van der Waals surface area contributed by atoms with Gasteiger partial charge in [-0.25, -0.2) is 0 Å². The van der Waals surface area contributed by atoms with Crippen LogP contribution in [0.2, 0.25) is 0 Å². The Balaban J connectivity index is 1.64. The van der Waals surface area contributed by atoms with Gasteiger partial charge in [0.2, 0.25) is 0 Å². The largest absolute Gasteiger partial charge is 0.492 e. The lowest BCUT2D eigenvalue weighted by Crippen LogP contribution is -2.37. The second kappa shape index (κ2) is 8.18. The van der Waals surface area contributed by atoms with Crippen molar-refractivity contribution < 1.29 is 4.74 Å². The number of thioether (sulfide) groups is 1. The molecule has 0 heterocycles. The van der Waals surface area contributed by atoms with Crippen molar-refractivity contribution in [2.24, 2.45) is 0 Å². The minimum atomic E-state index is 0.678. The first kappa shape index (κ1) is 15.2. The Morgan fingerprint density at radius 2 is 2.32 bits per heavy atom. The molecule has 106 valence electrons. The Morgan fingerprint density at radius 1 is 1.42 bits per heavy atom. The van der Waals surface area contributed by atoms with Crippen molar-refractivity contribution in [3.05, 3.63) is 28.7 Å². The van der Waals surface area contributed by atoms with Gasteiger partial charge in [-0.05, 0) is 43.7 Å². The lowest BCUT2D eigenvalue weighted by Gasteiger charge is -2.28. The lowest BCUT2D eigenvalue weighted by molar-refractivity contribution is 0.290. The predicted octanol–water partition coefficient (Wildman–Crippen LogP) is 4.09. The molecule has 1 aromatic carbocycles. The highest BCUT2D eigenvalue weighted by atomic mass is 79.9. The fourth-order valence-corrected chi connectivity index (χ4v) is 3.74. The first-order valence-electron chi connectivity index (χ1n) is 6.92. The summed E-state index contributed by atoms with van der Waals surface area (Å²) in [6.45, 7) is 1.66. The van der Waals surface area contributed by atoms with E-state index in [0.29, 0.717) is 6.04 Å². The molecule has 0 aromatic heterocycles. The molecule has 2 rings (SSSR count). The molecule has 1 aliphatic rings. The molecule has 19 heavy (non-hydrogen) atoms. The van der Waals surface area contributed by atoms with E-state index in [1.54, 1.807) is 0 Å². The molecule has 1 aromatic rings. The number of rotatable bonds is 6. The van der Waals surface area contributed by atoms with Crippen LogP contribution in [-0.4, -0.2) is 30.7 Å². The van der Waals surface area contributed by atoms with Gasteiger partial charge in [0.1, 0.15) is 12.4 Å². The number of nitrogens with one attached hydrogen (secondary N) is 1. The summed E-state index contributed by atoms with van der Waals surface area (Å²) in [5.74, 6) is 0.932. The summed E-state index contributed by atoms with van der Waals surface area (Å²) in [4.78, 5) is 0. The van der Waals surface area contributed by atoms with Crippen molar-refractivity contribution in [3.8, 4) is 5.75 Å². The zero-order chi connectivity index (χ0) is 13.5. The summed E-state index contributed by atoms with van der Waals surface area (Å²) in [5.41, 5.74) is 0. The van der Waals surface area contributed by atoms with Crippen LogP contribution in [-0.2, 0) is 0 Å². The number of ether oxygens (including phenoxy) is 1. The average Bonchev–Trinajstić information content (AvgIpc) is 2.44. The van der Waals surface area contributed by atoms with Crippen molar-refractivity contribution in [1.82, 2.24) is 5.32 Å². The van der Waals surface area contributed by atoms with Gasteiger partial charge in [-0.1, -0.05) is 28.4 Å². The molecule has 0 amide bonds. The van der Waals surface area contributed by atoms with Gasteiger partial charge < -0.3 is 10.1 Å². The van der Waals surface area contributed by atoms with Gasteiger partial charge >= 0.3 is 0 Å². The molecule has 1 aliphatic carbocycles. The molecule has 0 radical (unpaired) electrons. The van der Waals surface area contributed by atoms with E-state index in [1.165, 1.54) is 25.7 Å². The van der Waals surface area contributed by atoms with E-state index < -0.39 is 0 Å². The minimum absolute atomic E-state index is 0.678. The topological polar surface area (TPSA) is 21.3 Å². The van der Waals surface area contributed by atoms with Crippen molar-refractivity contribution >= 4 is 27.7 Å². The van der Waals surface area contributed by atoms with Gasteiger partial charge in [-0.3, -0.25) is 0 Å². The Bertz CT molecular complexity index is 388. The molecule has 2 unspecified atom stereocenters. The van der Waals surface area contributed by atoms with Gasteiger partial charge in [-0.2, -0.15) is 11.8 Å². The zero-order valence-corrected chi connectivity index (χ0v) is 13.8. The number of hydrogen-bond acceptors (Lipinski definition) is 3. The van der Waals surface area contributed by atoms with Gasteiger partial charge in [0.05, 0.1) is 0 Å². The molecule has 1 N–H and O–H groups in total. The van der Waals surface area contributed by atoms with Crippen LogP contribution in [0.15, 0.2) is 28.7 Å². The molecule has 0 bridgehead atoms. The molecule has 0 aliphatic heterocycles. The van der Waals surface area contributed by atoms with Gasteiger partial charge in [0, 0.05) is 22.3 Å². The second-order valence-electron chi connectivity index (χ2n) is 4.98. The van der Waals surface area contributed by atoms with E-state index in [1.807, 2.05) is 36.0 Å². The summed E-state index contributed by atoms with van der Waals surface area (Å²) in [5, 5.41) is 4.47. The summed E-state index contributed by atoms with van der Waals surface area (Å²) < 4.78 is 6.80. The first-order valence-corrected chi connectivity index (χ1v) is 9.00. The van der Waals surface area contributed by atoms with E-state index in [9.17, 15) is 0 Å². The molecule has 0 saturated heterocycles. The molecule has 4 heteroatoms. The van der Waals surface area contributed by atoms with E-state index in [4.69, 9.17) is 4.74 Å². The number of halogens is 1. The maximum atomic E-state index is 5.73. The Labute approximate surface area is 128 Å². The van der Waals surface area contributed by atoms with Gasteiger partial charge in [0.15, 0.2) is 0 Å².